The Morgan fingerprint density at radius 3 is 2.60 bits per heavy atom. The molecule has 3 aliphatic heterocycles. The quantitative estimate of drug-likeness (QED) is 0.338. The maximum atomic E-state index is 14.3. The standard InChI is InChI=1S/C27H36N2O5S/c1-3-13-28(17-19-11-7-6-8-12-19)25(32)23-27-18(2)16-20(35-27)21(26(33)34)22(27)24(31)29(23)14-9-4-5-10-15-30/h3,6-8,11-12,18,20-23,30H,1,4-5,9-10,13-17H2,2H3,(H,33,34)/t18?,20-,21+,22+,23?,27?/m1/s1. The van der Waals surface area contributed by atoms with Crippen LogP contribution in [0.25, 0.3) is 0 Å². The number of thioether (sulfide) groups is 1. The summed E-state index contributed by atoms with van der Waals surface area (Å²) in [6.07, 6.45) is 5.54. The highest BCUT2D eigenvalue weighted by Gasteiger charge is 2.76. The number of benzene rings is 1. The Balaban J connectivity index is 1.68. The molecule has 3 heterocycles. The van der Waals surface area contributed by atoms with Crippen molar-refractivity contribution in [1.82, 2.24) is 9.80 Å². The molecule has 2 amide bonds. The van der Waals surface area contributed by atoms with Crippen LogP contribution < -0.4 is 0 Å². The zero-order valence-electron chi connectivity index (χ0n) is 20.3. The van der Waals surface area contributed by atoms with Crippen molar-refractivity contribution >= 4 is 29.5 Å². The number of aliphatic hydroxyl groups is 1. The van der Waals surface area contributed by atoms with Gasteiger partial charge in [-0.25, -0.2) is 0 Å². The van der Waals surface area contributed by atoms with Crippen LogP contribution in [0.1, 0.15) is 44.6 Å². The Morgan fingerprint density at radius 1 is 1.23 bits per heavy atom. The van der Waals surface area contributed by atoms with Gasteiger partial charge in [0.15, 0.2) is 0 Å². The summed E-state index contributed by atoms with van der Waals surface area (Å²) in [6, 6.07) is 9.07. The molecule has 8 heteroatoms. The van der Waals surface area contributed by atoms with Gasteiger partial charge < -0.3 is 20.0 Å². The third-order valence-electron chi connectivity index (χ3n) is 7.95. The maximum Gasteiger partial charge on any atom is 0.308 e. The minimum Gasteiger partial charge on any atom is -0.481 e. The van der Waals surface area contributed by atoms with Crippen LogP contribution in [-0.4, -0.2) is 73.5 Å². The third-order valence-corrected chi connectivity index (χ3v) is 10.0. The average Bonchev–Trinajstić information content (AvgIpc) is 3.43. The molecule has 0 aliphatic carbocycles. The van der Waals surface area contributed by atoms with E-state index in [1.54, 1.807) is 27.6 Å². The Morgan fingerprint density at radius 2 is 1.94 bits per heavy atom. The summed E-state index contributed by atoms with van der Waals surface area (Å²) < 4.78 is -0.719. The minimum atomic E-state index is -0.933. The summed E-state index contributed by atoms with van der Waals surface area (Å²) in [5.41, 5.74) is 0.997. The number of amides is 2. The number of likely N-dealkylation sites (tertiary alicyclic amines) is 1. The number of aliphatic carboxylic acids is 1. The van der Waals surface area contributed by atoms with E-state index >= 15 is 0 Å². The molecule has 2 N–H and O–H groups in total. The molecule has 7 nitrogen and oxygen atoms in total. The lowest BCUT2D eigenvalue weighted by atomic mass is 9.66. The van der Waals surface area contributed by atoms with E-state index in [4.69, 9.17) is 5.11 Å². The molecular weight excluding hydrogens is 464 g/mol. The van der Waals surface area contributed by atoms with Gasteiger partial charge in [-0.3, -0.25) is 14.4 Å². The SMILES string of the molecule is C=CCN(Cc1ccccc1)C(=O)C1N(CCCCCCO)C(=O)[C@@H]2[C@@H](C(=O)O)[C@H]3CC(C)C12S3. The molecule has 1 aromatic rings. The lowest BCUT2D eigenvalue weighted by Gasteiger charge is -2.40. The van der Waals surface area contributed by atoms with Gasteiger partial charge >= 0.3 is 5.97 Å². The number of nitrogens with zero attached hydrogens (tertiary/aromatic N) is 2. The molecule has 0 radical (unpaired) electrons. The van der Waals surface area contributed by atoms with Crippen molar-refractivity contribution in [2.75, 3.05) is 19.7 Å². The first-order valence-electron chi connectivity index (χ1n) is 12.6. The van der Waals surface area contributed by atoms with Gasteiger partial charge in [-0.2, -0.15) is 0 Å². The lowest BCUT2D eigenvalue weighted by Crippen LogP contribution is -2.57. The van der Waals surface area contributed by atoms with Crippen LogP contribution in [0.4, 0.5) is 0 Å². The summed E-state index contributed by atoms with van der Waals surface area (Å²) in [7, 11) is 0. The molecule has 6 atom stereocenters. The summed E-state index contributed by atoms with van der Waals surface area (Å²) >= 11 is 1.58. The van der Waals surface area contributed by atoms with Crippen LogP contribution in [-0.2, 0) is 20.9 Å². The van der Waals surface area contributed by atoms with Crippen molar-refractivity contribution < 1.29 is 24.6 Å². The zero-order chi connectivity index (χ0) is 25.2. The van der Waals surface area contributed by atoms with E-state index in [-0.39, 0.29) is 29.6 Å². The monoisotopic (exact) mass is 500 g/mol. The Kier molecular flexibility index (Phi) is 7.91. The molecule has 3 saturated heterocycles. The van der Waals surface area contributed by atoms with Gasteiger partial charge in [-0.05, 0) is 30.7 Å². The second-order valence-electron chi connectivity index (χ2n) is 10.1. The third kappa shape index (κ3) is 4.51. The molecule has 1 aromatic carbocycles. The molecule has 3 aliphatic rings. The largest absolute Gasteiger partial charge is 0.481 e. The summed E-state index contributed by atoms with van der Waals surface area (Å²) in [6.45, 7) is 7.25. The predicted molar refractivity (Wildman–Crippen MR) is 136 cm³/mol. The number of carbonyl (C=O) groups excluding carboxylic acids is 2. The number of carbonyl (C=O) groups is 3. The summed E-state index contributed by atoms with van der Waals surface area (Å²) in [5, 5.41) is 19.0. The molecular formula is C27H36N2O5S. The Labute approximate surface area is 211 Å². The van der Waals surface area contributed by atoms with Crippen LogP contribution >= 0.6 is 11.8 Å². The van der Waals surface area contributed by atoms with E-state index in [9.17, 15) is 19.5 Å². The molecule has 2 bridgehead atoms. The van der Waals surface area contributed by atoms with Gasteiger partial charge in [0.2, 0.25) is 11.8 Å². The van der Waals surface area contributed by atoms with Crippen molar-refractivity contribution in [2.45, 2.75) is 61.6 Å². The predicted octanol–water partition coefficient (Wildman–Crippen LogP) is 3.18. The molecule has 1 spiro atoms. The van der Waals surface area contributed by atoms with Crippen LogP contribution in [0.3, 0.4) is 0 Å². The van der Waals surface area contributed by atoms with E-state index in [0.717, 1.165) is 24.8 Å². The number of unbranched alkanes of at least 4 members (excludes halogenated alkanes) is 3. The molecule has 0 saturated carbocycles. The first kappa shape index (κ1) is 25.8. The van der Waals surface area contributed by atoms with E-state index in [1.165, 1.54) is 0 Å². The second-order valence-corrected chi connectivity index (χ2v) is 11.6. The van der Waals surface area contributed by atoms with Crippen molar-refractivity contribution in [3.8, 4) is 0 Å². The van der Waals surface area contributed by atoms with Crippen LogP contribution in [0.5, 0.6) is 0 Å². The van der Waals surface area contributed by atoms with E-state index in [1.807, 2.05) is 30.3 Å². The molecule has 4 rings (SSSR count). The maximum absolute atomic E-state index is 14.3. The number of hydrogen-bond acceptors (Lipinski definition) is 5. The second kappa shape index (κ2) is 10.7. The average molecular weight is 501 g/mol. The molecule has 35 heavy (non-hydrogen) atoms. The van der Waals surface area contributed by atoms with Gasteiger partial charge in [0.1, 0.15) is 6.04 Å². The van der Waals surface area contributed by atoms with Crippen molar-refractivity contribution in [2.24, 2.45) is 17.8 Å². The van der Waals surface area contributed by atoms with Crippen molar-refractivity contribution in [1.29, 1.82) is 0 Å². The van der Waals surface area contributed by atoms with Crippen LogP contribution in [0.15, 0.2) is 43.0 Å². The van der Waals surface area contributed by atoms with E-state index in [2.05, 4.69) is 13.5 Å². The zero-order valence-corrected chi connectivity index (χ0v) is 21.2. The molecule has 3 fully saturated rings. The Bertz CT molecular complexity index is 956. The fourth-order valence-corrected chi connectivity index (χ4v) is 8.84. The summed E-state index contributed by atoms with van der Waals surface area (Å²) in [5.74, 6) is -2.59. The number of rotatable bonds is 12. The molecule has 190 valence electrons. The topological polar surface area (TPSA) is 98.2 Å². The normalized spacial score (nSPS) is 31.0. The highest BCUT2D eigenvalue weighted by atomic mass is 32.2. The van der Waals surface area contributed by atoms with E-state index in [0.29, 0.717) is 32.5 Å². The van der Waals surface area contributed by atoms with E-state index < -0.39 is 28.6 Å². The number of carboxylic acid groups (broad SMARTS) is 1. The highest BCUT2D eigenvalue weighted by Crippen LogP contribution is 2.68. The fourth-order valence-electron chi connectivity index (χ4n) is 6.43. The van der Waals surface area contributed by atoms with Crippen LogP contribution in [0.2, 0.25) is 0 Å². The van der Waals surface area contributed by atoms with Crippen molar-refractivity contribution in [3.05, 3.63) is 48.6 Å². The molecule has 3 unspecified atom stereocenters. The number of aliphatic hydroxyl groups excluding tert-OH is 1. The van der Waals surface area contributed by atoms with Gasteiger partial charge in [0.05, 0.1) is 16.6 Å². The first-order chi connectivity index (χ1) is 16.9. The fraction of sp³-hybridized carbons (Fsp3) is 0.593. The summed E-state index contributed by atoms with van der Waals surface area (Å²) in [4.78, 5) is 43.8. The van der Waals surface area contributed by atoms with Gasteiger partial charge in [-0.1, -0.05) is 56.2 Å². The number of carboxylic acids is 1. The van der Waals surface area contributed by atoms with Gasteiger partial charge in [-0.15, -0.1) is 18.3 Å². The lowest BCUT2D eigenvalue weighted by molar-refractivity contribution is -0.149. The number of fused-ring (bicyclic) bond motifs is 1. The minimum absolute atomic E-state index is 0.0673. The highest BCUT2D eigenvalue weighted by molar-refractivity contribution is 8.02. The molecule has 0 aromatic heterocycles. The van der Waals surface area contributed by atoms with Crippen molar-refractivity contribution in [3.63, 3.8) is 0 Å². The van der Waals surface area contributed by atoms with Gasteiger partial charge in [0, 0.05) is 31.5 Å². The van der Waals surface area contributed by atoms with Gasteiger partial charge in [0.25, 0.3) is 0 Å². The van der Waals surface area contributed by atoms with Crippen LogP contribution in [0, 0.1) is 17.8 Å². The Hall–Kier alpha value is -2.32. The smallest absolute Gasteiger partial charge is 0.308 e. The number of hydrogen-bond donors (Lipinski definition) is 2. The first-order valence-corrected chi connectivity index (χ1v) is 13.5.